The SMILES string of the molecule is CN(CCN)Cc1cn(CC2COC2)nc1-c1ccc(F)cc1. The average molecular weight is 318 g/mol. The van der Waals surface area contributed by atoms with Crippen LogP contribution in [-0.4, -0.2) is 48.0 Å². The lowest BCUT2D eigenvalue weighted by Crippen LogP contribution is -2.31. The number of nitrogens with zero attached hydrogens (tertiary/aromatic N) is 3. The molecule has 3 rings (SSSR count). The van der Waals surface area contributed by atoms with Crippen molar-refractivity contribution in [2.45, 2.75) is 13.1 Å². The quantitative estimate of drug-likeness (QED) is 0.845. The number of ether oxygens (including phenoxy) is 1. The minimum Gasteiger partial charge on any atom is -0.381 e. The molecule has 1 aliphatic rings. The van der Waals surface area contributed by atoms with Crippen LogP contribution in [0.15, 0.2) is 30.5 Å². The highest BCUT2D eigenvalue weighted by Crippen LogP contribution is 2.24. The third kappa shape index (κ3) is 3.96. The molecule has 2 aromatic rings. The van der Waals surface area contributed by atoms with Gasteiger partial charge in [-0.2, -0.15) is 5.10 Å². The number of likely N-dealkylation sites (N-methyl/N-ethyl adjacent to an activating group) is 1. The maximum atomic E-state index is 13.2. The maximum absolute atomic E-state index is 13.2. The first-order valence-electron chi connectivity index (χ1n) is 7.94. The Morgan fingerprint density at radius 2 is 2.09 bits per heavy atom. The standard InChI is InChI=1S/C17H23FN4O/c1-21(7-6-19)9-15-10-22(8-13-11-23-12-13)20-17(15)14-2-4-16(18)5-3-14/h2-5,10,13H,6-9,11-12,19H2,1H3. The summed E-state index contributed by atoms with van der Waals surface area (Å²) in [4.78, 5) is 2.17. The van der Waals surface area contributed by atoms with E-state index in [0.29, 0.717) is 12.5 Å². The van der Waals surface area contributed by atoms with Gasteiger partial charge in [0.2, 0.25) is 0 Å². The van der Waals surface area contributed by atoms with Crippen molar-refractivity contribution in [2.24, 2.45) is 11.7 Å². The summed E-state index contributed by atoms with van der Waals surface area (Å²) < 4.78 is 20.4. The second-order valence-electron chi connectivity index (χ2n) is 6.16. The molecule has 1 fully saturated rings. The summed E-state index contributed by atoms with van der Waals surface area (Å²) in [6.45, 7) is 4.67. The molecule has 2 heterocycles. The molecule has 0 unspecified atom stereocenters. The minimum atomic E-state index is -0.235. The Morgan fingerprint density at radius 1 is 1.35 bits per heavy atom. The van der Waals surface area contributed by atoms with Crippen LogP contribution in [0.4, 0.5) is 4.39 Å². The number of halogens is 1. The highest BCUT2D eigenvalue weighted by molar-refractivity contribution is 5.62. The number of hydrogen-bond acceptors (Lipinski definition) is 4. The first kappa shape index (κ1) is 16.1. The Labute approximate surface area is 135 Å². The van der Waals surface area contributed by atoms with Crippen LogP contribution in [0.5, 0.6) is 0 Å². The van der Waals surface area contributed by atoms with Crippen LogP contribution in [0.25, 0.3) is 11.3 Å². The lowest BCUT2D eigenvalue weighted by atomic mass is 10.1. The Kier molecular flexibility index (Phi) is 5.05. The predicted octanol–water partition coefficient (Wildman–Crippen LogP) is 1.73. The average Bonchev–Trinajstić information content (AvgIpc) is 2.87. The van der Waals surface area contributed by atoms with Crippen LogP contribution in [0, 0.1) is 11.7 Å². The predicted molar refractivity (Wildman–Crippen MR) is 87.3 cm³/mol. The normalized spacial score (nSPS) is 15.1. The van der Waals surface area contributed by atoms with Gasteiger partial charge in [0.1, 0.15) is 5.82 Å². The molecule has 5 nitrogen and oxygen atoms in total. The summed E-state index contributed by atoms with van der Waals surface area (Å²) in [6.07, 6.45) is 2.09. The summed E-state index contributed by atoms with van der Waals surface area (Å²) in [6, 6.07) is 6.50. The summed E-state index contributed by atoms with van der Waals surface area (Å²) >= 11 is 0. The molecule has 1 aromatic heterocycles. The van der Waals surface area contributed by atoms with Crippen LogP contribution < -0.4 is 5.73 Å². The van der Waals surface area contributed by atoms with E-state index in [0.717, 1.165) is 49.7 Å². The fourth-order valence-corrected chi connectivity index (χ4v) is 2.77. The number of rotatable bonds is 7. The van der Waals surface area contributed by atoms with Crippen molar-refractivity contribution in [2.75, 3.05) is 33.4 Å². The van der Waals surface area contributed by atoms with Crippen molar-refractivity contribution in [1.82, 2.24) is 14.7 Å². The van der Waals surface area contributed by atoms with E-state index in [1.165, 1.54) is 12.1 Å². The highest BCUT2D eigenvalue weighted by atomic mass is 19.1. The molecule has 124 valence electrons. The zero-order valence-corrected chi connectivity index (χ0v) is 13.4. The Hall–Kier alpha value is -1.76. The van der Waals surface area contributed by atoms with Gasteiger partial charge in [0, 0.05) is 49.4 Å². The first-order valence-corrected chi connectivity index (χ1v) is 7.94. The summed E-state index contributed by atoms with van der Waals surface area (Å²) in [5, 5.41) is 4.73. The zero-order valence-electron chi connectivity index (χ0n) is 13.4. The van der Waals surface area contributed by atoms with Crippen molar-refractivity contribution in [3.05, 3.63) is 41.8 Å². The lowest BCUT2D eigenvalue weighted by Gasteiger charge is -2.25. The molecule has 1 aliphatic heterocycles. The van der Waals surface area contributed by atoms with Gasteiger partial charge < -0.3 is 15.4 Å². The minimum absolute atomic E-state index is 0.235. The van der Waals surface area contributed by atoms with E-state index < -0.39 is 0 Å². The fourth-order valence-electron chi connectivity index (χ4n) is 2.77. The van der Waals surface area contributed by atoms with Crippen LogP contribution >= 0.6 is 0 Å². The Bertz CT molecular complexity index is 637. The van der Waals surface area contributed by atoms with Gasteiger partial charge >= 0.3 is 0 Å². The molecule has 0 spiro atoms. The smallest absolute Gasteiger partial charge is 0.123 e. The van der Waals surface area contributed by atoms with Gasteiger partial charge in [0.15, 0.2) is 0 Å². The van der Waals surface area contributed by atoms with Gasteiger partial charge in [0.25, 0.3) is 0 Å². The second-order valence-corrected chi connectivity index (χ2v) is 6.16. The largest absolute Gasteiger partial charge is 0.381 e. The van der Waals surface area contributed by atoms with E-state index in [1.54, 1.807) is 12.1 Å². The Balaban J connectivity index is 1.85. The highest BCUT2D eigenvalue weighted by Gasteiger charge is 2.21. The van der Waals surface area contributed by atoms with E-state index in [2.05, 4.69) is 11.1 Å². The van der Waals surface area contributed by atoms with E-state index in [1.807, 2.05) is 11.7 Å². The zero-order chi connectivity index (χ0) is 16.2. The Morgan fingerprint density at radius 3 is 2.70 bits per heavy atom. The summed E-state index contributed by atoms with van der Waals surface area (Å²) in [5.41, 5.74) is 8.61. The van der Waals surface area contributed by atoms with Crippen molar-refractivity contribution < 1.29 is 9.13 Å². The monoisotopic (exact) mass is 318 g/mol. The molecule has 0 atom stereocenters. The van der Waals surface area contributed by atoms with E-state index in [4.69, 9.17) is 15.6 Å². The van der Waals surface area contributed by atoms with Gasteiger partial charge in [-0.3, -0.25) is 4.68 Å². The van der Waals surface area contributed by atoms with E-state index in [9.17, 15) is 4.39 Å². The first-order chi connectivity index (χ1) is 11.2. The lowest BCUT2D eigenvalue weighted by molar-refractivity contribution is -0.0408. The third-order valence-corrected chi connectivity index (χ3v) is 4.06. The summed E-state index contributed by atoms with van der Waals surface area (Å²) in [7, 11) is 2.04. The number of hydrogen-bond donors (Lipinski definition) is 1. The van der Waals surface area contributed by atoms with E-state index in [-0.39, 0.29) is 5.82 Å². The molecule has 0 aliphatic carbocycles. The second kappa shape index (κ2) is 7.21. The van der Waals surface area contributed by atoms with Gasteiger partial charge in [0.05, 0.1) is 18.9 Å². The molecule has 23 heavy (non-hydrogen) atoms. The van der Waals surface area contributed by atoms with Gasteiger partial charge in [-0.15, -0.1) is 0 Å². The van der Waals surface area contributed by atoms with E-state index >= 15 is 0 Å². The molecule has 6 heteroatoms. The molecular weight excluding hydrogens is 295 g/mol. The van der Waals surface area contributed by atoms with Gasteiger partial charge in [-0.1, -0.05) is 0 Å². The molecule has 1 saturated heterocycles. The molecule has 1 aromatic carbocycles. The molecule has 0 saturated carbocycles. The van der Waals surface area contributed by atoms with Crippen LogP contribution in [-0.2, 0) is 17.8 Å². The van der Waals surface area contributed by atoms with Crippen molar-refractivity contribution in [3.63, 3.8) is 0 Å². The fraction of sp³-hybridized carbons (Fsp3) is 0.471. The van der Waals surface area contributed by atoms with Crippen LogP contribution in [0.3, 0.4) is 0 Å². The number of aromatic nitrogens is 2. The van der Waals surface area contributed by atoms with Crippen LogP contribution in [0.2, 0.25) is 0 Å². The maximum Gasteiger partial charge on any atom is 0.123 e. The third-order valence-electron chi connectivity index (χ3n) is 4.06. The van der Waals surface area contributed by atoms with Gasteiger partial charge in [-0.25, -0.2) is 4.39 Å². The molecule has 0 radical (unpaired) electrons. The van der Waals surface area contributed by atoms with Crippen molar-refractivity contribution >= 4 is 0 Å². The molecule has 0 bridgehead atoms. The molecular formula is C17H23FN4O. The molecule has 0 amide bonds. The van der Waals surface area contributed by atoms with Gasteiger partial charge in [-0.05, 0) is 31.3 Å². The topological polar surface area (TPSA) is 56.3 Å². The summed E-state index contributed by atoms with van der Waals surface area (Å²) in [5.74, 6) is 0.298. The van der Waals surface area contributed by atoms with Crippen molar-refractivity contribution in [3.8, 4) is 11.3 Å². The number of nitrogens with two attached hydrogens (primary N) is 1. The number of benzene rings is 1. The van der Waals surface area contributed by atoms with Crippen LogP contribution in [0.1, 0.15) is 5.56 Å². The molecule has 2 N–H and O–H groups in total. The van der Waals surface area contributed by atoms with Crippen molar-refractivity contribution in [1.29, 1.82) is 0 Å².